The zero-order valence-corrected chi connectivity index (χ0v) is 9.53. The number of nitrogens with two attached hydrogens (primary N) is 1. The summed E-state index contributed by atoms with van der Waals surface area (Å²) >= 11 is 5.41. The van der Waals surface area contributed by atoms with Gasteiger partial charge in [-0.25, -0.2) is 4.79 Å². The fraction of sp³-hybridized carbons (Fsp3) is 0.250. The number of thiol groups is 1. The SMILES string of the molecule is NC(=O)NCCNC(=O)c1cc(S)cs1. The lowest BCUT2D eigenvalue weighted by Gasteiger charge is -2.03. The van der Waals surface area contributed by atoms with Crippen LogP contribution < -0.4 is 16.4 Å². The number of thiophene rings is 1. The molecular weight excluding hydrogens is 234 g/mol. The lowest BCUT2D eigenvalue weighted by molar-refractivity contribution is 0.0958. The standard InChI is InChI=1S/C8H11N3O2S2/c9-8(13)11-2-1-10-7(12)6-3-5(14)4-15-6/h3-4,14H,1-2H2,(H,10,12)(H3,9,11,13). The minimum Gasteiger partial charge on any atom is -0.352 e. The van der Waals surface area contributed by atoms with Crippen LogP contribution in [0, 0.1) is 0 Å². The van der Waals surface area contributed by atoms with Crippen LogP contribution in [-0.2, 0) is 0 Å². The number of rotatable bonds is 4. The van der Waals surface area contributed by atoms with Crippen molar-refractivity contribution in [2.24, 2.45) is 5.73 Å². The second kappa shape index (κ2) is 5.62. The minimum atomic E-state index is -0.599. The number of hydrogen-bond donors (Lipinski definition) is 4. The number of nitrogens with one attached hydrogen (secondary N) is 2. The molecule has 0 spiro atoms. The highest BCUT2D eigenvalue weighted by Gasteiger charge is 2.06. The molecule has 1 heterocycles. The molecule has 0 unspecified atom stereocenters. The summed E-state index contributed by atoms with van der Waals surface area (Å²) in [7, 11) is 0. The Hall–Kier alpha value is -1.21. The molecule has 1 rings (SSSR count). The van der Waals surface area contributed by atoms with Gasteiger partial charge in [-0.1, -0.05) is 0 Å². The van der Waals surface area contributed by atoms with Crippen molar-refractivity contribution in [3.63, 3.8) is 0 Å². The van der Waals surface area contributed by atoms with Crippen molar-refractivity contribution in [1.82, 2.24) is 10.6 Å². The van der Waals surface area contributed by atoms with Crippen molar-refractivity contribution in [2.45, 2.75) is 4.90 Å². The summed E-state index contributed by atoms with van der Waals surface area (Å²) < 4.78 is 0. The highest BCUT2D eigenvalue weighted by molar-refractivity contribution is 7.80. The summed E-state index contributed by atoms with van der Waals surface area (Å²) in [5, 5.41) is 6.78. The van der Waals surface area contributed by atoms with E-state index in [9.17, 15) is 9.59 Å². The van der Waals surface area contributed by atoms with Crippen molar-refractivity contribution in [1.29, 1.82) is 0 Å². The molecule has 0 aliphatic heterocycles. The summed E-state index contributed by atoms with van der Waals surface area (Å²) in [6.07, 6.45) is 0. The van der Waals surface area contributed by atoms with Crippen molar-refractivity contribution < 1.29 is 9.59 Å². The van der Waals surface area contributed by atoms with Crippen molar-refractivity contribution >= 4 is 35.9 Å². The molecule has 82 valence electrons. The Morgan fingerprint density at radius 3 is 2.60 bits per heavy atom. The van der Waals surface area contributed by atoms with Gasteiger partial charge >= 0.3 is 6.03 Å². The molecule has 4 N–H and O–H groups in total. The van der Waals surface area contributed by atoms with Gasteiger partial charge in [-0.05, 0) is 6.07 Å². The average molecular weight is 245 g/mol. The Balaban J connectivity index is 2.28. The lowest BCUT2D eigenvalue weighted by atomic mass is 10.4. The van der Waals surface area contributed by atoms with Gasteiger partial charge in [-0.2, -0.15) is 0 Å². The Morgan fingerprint density at radius 2 is 2.07 bits per heavy atom. The zero-order valence-electron chi connectivity index (χ0n) is 7.82. The fourth-order valence-corrected chi connectivity index (χ4v) is 1.96. The van der Waals surface area contributed by atoms with Crippen LogP contribution in [0.5, 0.6) is 0 Å². The van der Waals surface area contributed by atoms with Gasteiger partial charge in [-0.3, -0.25) is 4.79 Å². The first kappa shape index (κ1) is 11.9. The van der Waals surface area contributed by atoms with Crippen LogP contribution in [0.2, 0.25) is 0 Å². The molecule has 0 bridgehead atoms. The van der Waals surface area contributed by atoms with Crippen LogP contribution in [0.1, 0.15) is 9.67 Å². The molecule has 1 aromatic heterocycles. The third-order valence-corrected chi connectivity index (χ3v) is 2.88. The highest BCUT2D eigenvalue weighted by Crippen LogP contribution is 2.16. The van der Waals surface area contributed by atoms with E-state index in [2.05, 4.69) is 23.3 Å². The van der Waals surface area contributed by atoms with E-state index >= 15 is 0 Å². The van der Waals surface area contributed by atoms with Crippen LogP contribution >= 0.6 is 24.0 Å². The van der Waals surface area contributed by atoms with E-state index in [1.807, 2.05) is 0 Å². The molecule has 0 atom stereocenters. The first-order valence-electron chi connectivity index (χ1n) is 4.18. The highest BCUT2D eigenvalue weighted by atomic mass is 32.1. The lowest BCUT2D eigenvalue weighted by Crippen LogP contribution is -2.37. The third-order valence-electron chi connectivity index (χ3n) is 1.52. The fourth-order valence-electron chi connectivity index (χ4n) is 0.894. The summed E-state index contributed by atoms with van der Waals surface area (Å²) in [6, 6.07) is 1.09. The number of carbonyl (C=O) groups is 2. The number of primary amides is 1. The molecule has 0 saturated carbocycles. The number of amides is 3. The van der Waals surface area contributed by atoms with E-state index < -0.39 is 6.03 Å². The molecule has 7 heteroatoms. The van der Waals surface area contributed by atoms with Gasteiger partial charge in [0.05, 0.1) is 4.88 Å². The molecule has 1 aromatic rings. The van der Waals surface area contributed by atoms with E-state index in [-0.39, 0.29) is 5.91 Å². The van der Waals surface area contributed by atoms with E-state index in [0.717, 1.165) is 4.90 Å². The zero-order chi connectivity index (χ0) is 11.3. The molecule has 0 aromatic carbocycles. The molecule has 0 aliphatic carbocycles. The molecule has 0 fully saturated rings. The second-order valence-corrected chi connectivity index (χ2v) is 4.14. The van der Waals surface area contributed by atoms with E-state index in [4.69, 9.17) is 5.73 Å². The van der Waals surface area contributed by atoms with Gasteiger partial charge in [0, 0.05) is 23.4 Å². The van der Waals surface area contributed by atoms with Crippen LogP contribution in [-0.4, -0.2) is 25.0 Å². The van der Waals surface area contributed by atoms with Crippen molar-refractivity contribution in [3.8, 4) is 0 Å². The third kappa shape index (κ3) is 4.22. The van der Waals surface area contributed by atoms with Crippen LogP contribution in [0.4, 0.5) is 4.79 Å². The smallest absolute Gasteiger partial charge is 0.312 e. The summed E-state index contributed by atoms with van der Waals surface area (Å²) in [6.45, 7) is 0.668. The molecule has 5 nitrogen and oxygen atoms in total. The second-order valence-electron chi connectivity index (χ2n) is 2.72. The van der Waals surface area contributed by atoms with E-state index in [1.165, 1.54) is 11.3 Å². The predicted molar refractivity (Wildman–Crippen MR) is 61.5 cm³/mol. The average Bonchev–Trinajstić information content (AvgIpc) is 2.59. The van der Waals surface area contributed by atoms with Gasteiger partial charge in [0.15, 0.2) is 0 Å². The van der Waals surface area contributed by atoms with Crippen LogP contribution in [0.25, 0.3) is 0 Å². The first-order valence-corrected chi connectivity index (χ1v) is 5.51. The van der Waals surface area contributed by atoms with Crippen LogP contribution in [0.15, 0.2) is 16.3 Å². The minimum absolute atomic E-state index is 0.174. The maximum Gasteiger partial charge on any atom is 0.312 e. The summed E-state index contributed by atoms with van der Waals surface area (Å²) in [5.41, 5.74) is 4.85. The predicted octanol–water partition coefficient (Wildman–Crippen LogP) is 0.435. The van der Waals surface area contributed by atoms with Gasteiger partial charge in [0.25, 0.3) is 5.91 Å². The van der Waals surface area contributed by atoms with Gasteiger partial charge < -0.3 is 16.4 Å². The van der Waals surface area contributed by atoms with E-state index in [1.54, 1.807) is 11.4 Å². The van der Waals surface area contributed by atoms with Crippen molar-refractivity contribution in [2.75, 3.05) is 13.1 Å². The molecule has 0 saturated heterocycles. The van der Waals surface area contributed by atoms with Crippen LogP contribution in [0.3, 0.4) is 0 Å². The normalized spacial score (nSPS) is 9.67. The maximum atomic E-state index is 11.4. The maximum absolute atomic E-state index is 11.4. The molecule has 15 heavy (non-hydrogen) atoms. The molecule has 0 aliphatic rings. The number of urea groups is 1. The first-order chi connectivity index (χ1) is 7.09. The van der Waals surface area contributed by atoms with E-state index in [0.29, 0.717) is 18.0 Å². The van der Waals surface area contributed by atoms with Gasteiger partial charge in [-0.15, -0.1) is 24.0 Å². The summed E-state index contributed by atoms with van der Waals surface area (Å²) in [5.74, 6) is -0.174. The monoisotopic (exact) mass is 245 g/mol. The number of carbonyl (C=O) groups excluding carboxylic acids is 2. The van der Waals surface area contributed by atoms with Gasteiger partial charge in [0.1, 0.15) is 0 Å². The quantitative estimate of drug-likeness (QED) is 0.458. The number of hydrogen-bond acceptors (Lipinski definition) is 4. The van der Waals surface area contributed by atoms with Crippen molar-refractivity contribution in [3.05, 3.63) is 16.3 Å². The Kier molecular flexibility index (Phi) is 4.44. The van der Waals surface area contributed by atoms with Gasteiger partial charge in [0.2, 0.25) is 0 Å². The molecule has 0 radical (unpaired) electrons. The topological polar surface area (TPSA) is 84.2 Å². The molecule has 3 amide bonds. The Bertz CT molecular complexity index is 365. The molecular formula is C8H11N3O2S2. The largest absolute Gasteiger partial charge is 0.352 e. The Labute approximate surface area is 96.4 Å². The Morgan fingerprint density at radius 1 is 1.40 bits per heavy atom. The summed E-state index contributed by atoms with van der Waals surface area (Å²) in [4.78, 5) is 23.1.